The quantitative estimate of drug-likeness (QED) is 0.677. The second-order valence-electron chi connectivity index (χ2n) is 3.25. The number of hydrogen-bond donors (Lipinski definition) is 2. The summed E-state index contributed by atoms with van der Waals surface area (Å²) in [6, 6.07) is 0. The third kappa shape index (κ3) is 4.07. The van der Waals surface area contributed by atoms with E-state index in [0.717, 1.165) is 0 Å². The van der Waals surface area contributed by atoms with Crippen LogP contribution < -0.4 is 5.32 Å². The summed E-state index contributed by atoms with van der Waals surface area (Å²) in [7, 11) is 0. The molecule has 1 rings (SSSR count). The fourth-order valence-corrected chi connectivity index (χ4v) is 1.17. The number of rotatable bonds is 6. The Kier molecular flexibility index (Phi) is 4.43. The monoisotopic (exact) mass is 226 g/mol. The van der Waals surface area contributed by atoms with Gasteiger partial charge in [-0.1, -0.05) is 5.21 Å². The number of nitrogens with zero attached hydrogens (tertiary/aromatic N) is 3. The van der Waals surface area contributed by atoms with E-state index in [4.69, 9.17) is 5.11 Å². The zero-order valence-corrected chi connectivity index (χ0v) is 9.01. The van der Waals surface area contributed by atoms with Crippen LogP contribution in [0.4, 0.5) is 0 Å². The molecule has 7 nitrogen and oxygen atoms in total. The molecular formula is C9H14N4O3. The molecule has 7 heteroatoms. The van der Waals surface area contributed by atoms with Gasteiger partial charge in [-0.05, 0) is 6.92 Å². The van der Waals surface area contributed by atoms with Crippen LogP contribution in [0, 0.1) is 0 Å². The van der Waals surface area contributed by atoms with Gasteiger partial charge in [0.2, 0.25) is 5.91 Å². The molecule has 0 saturated heterocycles. The summed E-state index contributed by atoms with van der Waals surface area (Å²) in [5, 5.41) is 18.6. The Morgan fingerprint density at radius 1 is 1.56 bits per heavy atom. The van der Waals surface area contributed by atoms with E-state index in [2.05, 4.69) is 15.6 Å². The number of aryl methyl sites for hydroxylation is 1. The van der Waals surface area contributed by atoms with Gasteiger partial charge < -0.3 is 10.4 Å². The molecule has 0 aliphatic rings. The van der Waals surface area contributed by atoms with Crippen LogP contribution in [0.1, 0.15) is 19.0 Å². The number of carboxylic acids is 1. The molecule has 2 N–H and O–H groups in total. The zero-order chi connectivity index (χ0) is 12.0. The number of likely N-dealkylation sites (N-methyl/N-ethyl adjacent to an activating group) is 1. The van der Waals surface area contributed by atoms with Gasteiger partial charge in [0.15, 0.2) is 0 Å². The minimum atomic E-state index is -0.877. The molecule has 88 valence electrons. The summed E-state index contributed by atoms with van der Waals surface area (Å²) >= 11 is 0. The van der Waals surface area contributed by atoms with Crippen molar-refractivity contribution in [2.24, 2.45) is 0 Å². The minimum absolute atomic E-state index is 0.0137. The lowest BCUT2D eigenvalue weighted by molar-refractivity contribution is -0.137. The van der Waals surface area contributed by atoms with Crippen LogP contribution in [0.2, 0.25) is 0 Å². The van der Waals surface area contributed by atoms with Crippen molar-refractivity contribution < 1.29 is 14.7 Å². The Morgan fingerprint density at radius 3 is 2.94 bits per heavy atom. The van der Waals surface area contributed by atoms with Crippen molar-refractivity contribution in [3.05, 3.63) is 11.9 Å². The number of nitrogens with one attached hydrogen (secondary N) is 1. The van der Waals surface area contributed by atoms with Crippen molar-refractivity contribution in [2.75, 3.05) is 6.54 Å². The van der Waals surface area contributed by atoms with Gasteiger partial charge in [0.1, 0.15) is 6.54 Å². The minimum Gasteiger partial charge on any atom is -0.481 e. The molecule has 0 atom stereocenters. The largest absolute Gasteiger partial charge is 0.481 e. The van der Waals surface area contributed by atoms with Crippen LogP contribution >= 0.6 is 0 Å². The van der Waals surface area contributed by atoms with E-state index < -0.39 is 5.97 Å². The van der Waals surface area contributed by atoms with Crippen molar-refractivity contribution in [3.8, 4) is 0 Å². The van der Waals surface area contributed by atoms with Gasteiger partial charge in [0.25, 0.3) is 0 Å². The summed E-state index contributed by atoms with van der Waals surface area (Å²) in [5.41, 5.74) is 0.576. The summed E-state index contributed by atoms with van der Waals surface area (Å²) in [6.07, 6.45) is 1.92. The van der Waals surface area contributed by atoms with Crippen LogP contribution in [0.25, 0.3) is 0 Å². The van der Waals surface area contributed by atoms with E-state index in [-0.39, 0.29) is 18.9 Å². The SMILES string of the molecule is CCNC(=O)Cn1cc(CCC(=O)O)nn1. The Bertz CT molecular complexity index is 375. The molecule has 0 aliphatic heterocycles. The molecule has 1 amide bonds. The Morgan fingerprint density at radius 2 is 2.31 bits per heavy atom. The predicted molar refractivity (Wildman–Crippen MR) is 54.7 cm³/mol. The second kappa shape index (κ2) is 5.84. The fraction of sp³-hybridized carbons (Fsp3) is 0.556. The van der Waals surface area contributed by atoms with Crippen LogP contribution in [0.15, 0.2) is 6.20 Å². The highest BCUT2D eigenvalue weighted by molar-refractivity contribution is 5.75. The Labute approximate surface area is 92.4 Å². The van der Waals surface area contributed by atoms with Crippen molar-refractivity contribution >= 4 is 11.9 Å². The van der Waals surface area contributed by atoms with Crippen molar-refractivity contribution in [1.29, 1.82) is 0 Å². The number of hydrogen-bond acceptors (Lipinski definition) is 4. The van der Waals surface area contributed by atoms with Gasteiger partial charge in [0.05, 0.1) is 12.1 Å². The van der Waals surface area contributed by atoms with Gasteiger partial charge in [-0.25, -0.2) is 4.68 Å². The van der Waals surface area contributed by atoms with Gasteiger partial charge in [-0.2, -0.15) is 0 Å². The van der Waals surface area contributed by atoms with E-state index in [1.54, 1.807) is 6.20 Å². The number of carbonyl (C=O) groups excluding carboxylic acids is 1. The molecule has 1 aromatic heterocycles. The highest BCUT2D eigenvalue weighted by Gasteiger charge is 2.06. The first-order valence-corrected chi connectivity index (χ1v) is 4.99. The zero-order valence-electron chi connectivity index (χ0n) is 9.01. The molecule has 1 aromatic rings. The van der Waals surface area contributed by atoms with E-state index in [1.165, 1.54) is 4.68 Å². The highest BCUT2D eigenvalue weighted by Crippen LogP contribution is 1.97. The molecule has 16 heavy (non-hydrogen) atoms. The number of carboxylic acid groups (broad SMARTS) is 1. The van der Waals surface area contributed by atoms with E-state index in [0.29, 0.717) is 18.7 Å². The van der Waals surface area contributed by atoms with Crippen molar-refractivity contribution in [3.63, 3.8) is 0 Å². The lowest BCUT2D eigenvalue weighted by Crippen LogP contribution is -2.27. The number of amides is 1. The molecule has 0 fully saturated rings. The van der Waals surface area contributed by atoms with Crippen LogP contribution in [-0.4, -0.2) is 38.5 Å². The maximum atomic E-state index is 11.2. The summed E-state index contributed by atoms with van der Waals surface area (Å²) in [4.78, 5) is 21.5. The maximum absolute atomic E-state index is 11.2. The first-order valence-electron chi connectivity index (χ1n) is 4.99. The first kappa shape index (κ1) is 12.2. The third-order valence-corrected chi connectivity index (χ3v) is 1.86. The van der Waals surface area contributed by atoms with Crippen LogP contribution in [0.5, 0.6) is 0 Å². The van der Waals surface area contributed by atoms with E-state index >= 15 is 0 Å². The molecule has 0 bridgehead atoms. The summed E-state index contributed by atoms with van der Waals surface area (Å²) < 4.78 is 1.39. The van der Waals surface area contributed by atoms with Gasteiger partial charge in [-0.15, -0.1) is 5.10 Å². The predicted octanol–water partition coefficient (Wildman–Crippen LogP) is -0.569. The third-order valence-electron chi connectivity index (χ3n) is 1.86. The molecule has 0 saturated carbocycles. The summed E-state index contributed by atoms with van der Waals surface area (Å²) in [6.45, 7) is 2.50. The van der Waals surface area contributed by atoms with Crippen LogP contribution in [-0.2, 0) is 22.6 Å². The smallest absolute Gasteiger partial charge is 0.303 e. The highest BCUT2D eigenvalue weighted by atomic mass is 16.4. The first-order chi connectivity index (χ1) is 7.61. The van der Waals surface area contributed by atoms with Gasteiger partial charge in [0, 0.05) is 19.2 Å². The Hall–Kier alpha value is -1.92. The molecule has 1 heterocycles. The molecule has 0 aliphatic carbocycles. The molecule has 0 aromatic carbocycles. The normalized spacial score (nSPS) is 10.1. The molecule has 0 unspecified atom stereocenters. The number of carbonyl (C=O) groups is 2. The maximum Gasteiger partial charge on any atom is 0.303 e. The average molecular weight is 226 g/mol. The lowest BCUT2D eigenvalue weighted by Gasteiger charge is -2.00. The molecular weight excluding hydrogens is 212 g/mol. The van der Waals surface area contributed by atoms with Crippen LogP contribution in [0.3, 0.4) is 0 Å². The van der Waals surface area contributed by atoms with Crippen molar-refractivity contribution in [2.45, 2.75) is 26.3 Å². The number of aromatic nitrogens is 3. The van der Waals surface area contributed by atoms with E-state index in [9.17, 15) is 9.59 Å². The summed E-state index contributed by atoms with van der Waals surface area (Å²) in [5.74, 6) is -1.02. The second-order valence-corrected chi connectivity index (χ2v) is 3.25. The van der Waals surface area contributed by atoms with E-state index in [1.807, 2.05) is 6.92 Å². The molecule has 0 spiro atoms. The average Bonchev–Trinajstić information content (AvgIpc) is 2.63. The fourth-order valence-electron chi connectivity index (χ4n) is 1.17. The van der Waals surface area contributed by atoms with Gasteiger partial charge >= 0.3 is 5.97 Å². The standard InChI is InChI=1S/C9H14N4O3/c1-2-10-8(14)6-13-5-7(11-12-13)3-4-9(15)16/h5H,2-4,6H2,1H3,(H,10,14)(H,15,16). The Balaban J connectivity index is 2.45. The van der Waals surface area contributed by atoms with Crippen molar-refractivity contribution in [1.82, 2.24) is 20.3 Å². The molecule has 0 radical (unpaired) electrons. The number of aliphatic carboxylic acids is 1. The van der Waals surface area contributed by atoms with Gasteiger partial charge in [-0.3, -0.25) is 9.59 Å². The topological polar surface area (TPSA) is 97.1 Å². The lowest BCUT2D eigenvalue weighted by atomic mass is 10.2.